The number of aryl methyl sites for hydroxylation is 2. The van der Waals surface area contributed by atoms with Gasteiger partial charge in [-0.05, 0) is 59.7 Å². The lowest BCUT2D eigenvalue weighted by molar-refractivity contribution is -0.139. The molecule has 172 valence electrons. The molecule has 0 radical (unpaired) electrons. The number of aromatic nitrogens is 1. The van der Waals surface area contributed by atoms with Gasteiger partial charge >= 0.3 is 0 Å². The number of nitrogens with zero attached hydrogens (tertiary/aromatic N) is 2. The summed E-state index contributed by atoms with van der Waals surface area (Å²) in [6.45, 7) is 4.25. The second kappa shape index (κ2) is 10.9. The molecule has 0 spiro atoms. The highest BCUT2D eigenvalue weighted by molar-refractivity contribution is 7.10. The van der Waals surface area contributed by atoms with Crippen LogP contribution in [0.5, 0.6) is 0 Å². The third-order valence-electron chi connectivity index (χ3n) is 5.73. The van der Waals surface area contributed by atoms with E-state index in [1.54, 1.807) is 29.4 Å². The Morgan fingerprint density at radius 2 is 1.62 bits per heavy atom. The Morgan fingerprint density at radius 3 is 2.26 bits per heavy atom. The number of nitrogens with one attached hydrogen (secondary N) is 1. The van der Waals surface area contributed by atoms with Crippen LogP contribution in [0.25, 0.3) is 0 Å². The fourth-order valence-electron chi connectivity index (χ4n) is 3.99. The SMILES string of the molecule is Cc1cccc(C)c1NC(=O)[C@H](c1ccncc1)N(Cc1ccccc1)C(=O)Cc1cccs1. The molecule has 0 aliphatic heterocycles. The molecule has 2 aromatic heterocycles. The summed E-state index contributed by atoms with van der Waals surface area (Å²) in [5.41, 5.74) is 4.40. The Kier molecular flexibility index (Phi) is 7.50. The van der Waals surface area contributed by atoms with Crippen LogP contribution in [0.15, 0.2) is 90.6 Å². The molecule has 0 bridgehead atoms. The Bertz CT molecular complexity index is 1220. The van der Waals surface area contributed by atoms with Gasteiger partial charge in [-0.2, -0.15) is 0 Å². The minimum atomic E-state index is -0.810. The van der Waals surface area contributed by atoms with E-state index in [1.807, 2.05) is 79.9 Å². The van der Waals surface area contributed by atoms with Crippen molar-refractivity contribution in [3.63, 3.8) is 0 Å². The van der Waals surface area contributed by atoms with E-state index >= 15 is 0 Å². The molecular weight excluding hydrogens is 442 g/mol. The number of rotatable bonds is 8. The first-order chi connectivity index (χ1) is 16.5. The number of hydrogen-bond acceptors (Lipinski definition) is 4. The van der Waals surface area contributed by atoms with Gasteiger partial charge in [0.25, 0.3) is 5.91 Å². The third-order valence-corrected chi connectivity index (χ3v) is 6.61. The van der Waals surface area contributed by atoms with Crippen molar-refractivity contribution >= 4 is 28.8 Å². The van der Waals surface area contributed by atoms with Crippen molar-refractivity contribution in [3.8, 4) is 0 Å². The normalized spacial score (nSPS) is 11.6. The van der Waals surface area contributed by atoms with Gasteiger partial charge in [0.2, 0.25) is 5.91 Å². The number of thiophene rings is 1. The van der Waals surface area contributed by atoms with Gasteiger partial charge in [0, 0.05) is 29.5 Å². The van der Waals surface area contributed by atoms with Crippen LogP contribution in [0.4, 0.5) is 5.69 Å². The minimum absolute atomic E-state index is 0.107. The van der Waals surface area contributed by atoms with Gasteiger partial charge in [0.1, 0.15) is 6.04 Å². The maximum Gasteiger partial charge on any atom is 0.251 e. The lowest BCUT2D eigenvalue weighted by Crippen LogP contribution is -2.41. The topological polar surface area (TPSA) is 62.3 Å². The molecule has 0 saturated heterocycles. The van der Waals surface area contributed by atoms with Crippen LogP contribution < -0.4 is 5.32 Å². The maximum atomic E-state index is 13.8. The van der Waals surface area contributed by atoms with E-state index in [0.717, 1.165) is 27.3 Å². The summed E-state index contributed by atoms with van der Waals surface area (Å²) >= 11 is 1.54. The fourth-order valence-corrected chi connectivity index (χ4v) is 4.68. The molecule has 1 atom stereocenters. The highest BCUT2D eigenvalue weighted by Gasteiger charge is 2.32. The lowest BCUT2D eigenvalue weighted by Gasteiger charge is -2.32. The smallest absolute Gasteiger partial charge is 0.251 e. The largest absolute Gasteiger partial charge is 0.323 e. The fraction of sp³-hybridized carbons (Fsp3) is 0.179. The quantitative estimate of drug-likeness (QED) is 0.359. The van der Waals surface area contributed by atoms with Crippen molar-refractivity contribution in [3.05, 3.63) is 118 Å². The van der Waals surface area contributed by atoms with Gasteiger partial charge in [0.05, 0.1) is 6.42 Å². The second-order valence-corrected chi connectivity index (χ2v) is 9.23. The predicted octanol–water partition coefficient (Wildman–Crippen LogP) is 5.71. The Labute approximate surface area is 204 Å². The lowest BCUT2D eigenvalue weighted by atomic mass is 10.0. The number of pyridine rings is 1. The summed E-state index contributed by atoms with van der Waals surface area (Å²) < 4.78 is 0. The Hall–Kier alpha value is -3.77. The molecule has 1 N–H and O–H groups in total. The van der Waals surface area contributed by atoms with Gasteiger partial charge in [-0.25, -0.2) is 0 Å². The third kappa shape index (κ3) is 5.58. The summed E-state index contributed by atoms with van der Waals surface area (Å²) in [6, 6.07) is 22.3. The molecule has 2 aromatic carbocycles. The summed E-state index contributed by atoms with van der Waals surface area (Å²) in [5.74, 6) is -0.358. The summed E-state index contributed by atoms with van der Waals surface area (Å²) in [6.07, 6.45) is 3.54. The van der Waals surface area contributed by atoms with E-state index in [0.29, 0.717) is 12.1 Å². The van der Waals surface area contributed by atoms with Crippen molar-refractivity contribution < 1.29 is 9.59 Å². The summed E-state index contributed by atoms with van der Waals surface area (Å²) in [5, 5.41) is 5.06. The maximum absolute atomic E-state index is 13.8. The van der Waals surface area contributed by atoms with Crippen LogP contribution in [-0.2, 0) is 22.6 Å². The van der Waals surface area contributed by atoms with Crippen molar-refractivity contribution in [2.24, 2.45) is 0 Å². The van der Waals surface area contributed by atoms with E-state index in [-0.39, 0.29) is 18.2 Å². The number of carbonyl (C=O) groups is 2. The number of carbonyl (C=O) groups excluding carboxylic acids is 2. The first-order valence-electron chi connectivity index (χ1n) is 11.2. The van der Waals surface area contributed by atoms with Gasteiger partial charge in [-0.15, -0.1) is 11.3 Å². The predicted molar refractivity (Wildman–Crippen MR) is 137 cm³/mol. The summed E-state index contributed by atoms with van der Waals surface area (Å²) in [7, 11) is 0. The van der Waals surface area contributed by atoms with Crippen LogP contribution in [0.3, 0.4) is 0 Å². The van der Waals surface area contributed by atoms with Crippen molar-refractivity contribution in [1.82, 2.24) is 9.88 Å². The first kappa shape index (κ1) is 23.4. The molecule has 0 aliphatic rings. The standard InChI is InChI=1S/C28H27N3O2S/c1-20-8-6-9-21(2)26(20)30-28(33)27(23-13-15-29-16-14-23)31(19-22-10-4-3-5-11-22)25(32)18-24-12-7-17-34-24/h3-17,27H,18-19H2,1-2H3,(H,30,33)/t27-/m0/s1. The molecular formula is C28H27N3O2S. The van der Waals surface area contributed by atoms with Crippen molar-refractivity contribution in [1.29, 1.82) is 0 Å². The van der Waals surface area contributed by atoms with Gasteiger partial charge in [0.15, 0.2) is 0 Å². The molecule has 0 aliphatic carbocycles. The van der Waals surface area contributed by atoms with Gasteiger partial charge in [-0.3, -0.25) is 14.6 Å². The van der Waals surface area contributed by atoms with E-state index in [4.69, 9.17) is 0 Å². The molecule has 0 saturated carbocycles. The van der Waals surface area contributed by atoms with Crippen LogP contribution >= 0.6 is 11.3 Å². The van der Waals surface area contributed by atoms with Gasteiger partial charge < -0.3 is 10.2 Å². The van der Waals surface area contributed by atoms with E-state index in [2.05, 4.69) is 10.3 Å². The van der Waals surface area contributed by atoms with Crippen LogP contribution in [-0.4, -0.2) is 21.7 Å². The molecule has 0 fully saturated rings. The van der Waals surface area contributed by atoms with E-state index < -0.39 is 6.04 Å². The van der Waals surface area contributed by atoms with Crippen LogP contribution in [0.1, 0.15) is 33.2 Å². The molecule has 5 nitrogen and oxygen atoms in total. The summed E-state index contributed by atoms with van der Waals surface area (Å²) in [4.78, 5) is 34.2. The van der Waals surface area contributed by atoms with Crippen molar-refractivity contribution in [2.75, 3.05) is 5.32 Å². The molecule has 0 unspecified atom stereocenters. The Morgan fingerprint density at radius 1 is 0.912 bits per heavy atom. The zero-order valence-electron chi connectivity index (χ0n) is 19.3. The number of para-hydroxylation sites is 1. The Balaban J connectivity index is 1.74. The average molecular weight is 470 g/mol. The van der Waals surface area contributed by atoms with Gasteiger partial charge in [-0.1, -0.05) is 54.6 Å². The average Bonchev–Trinajstić information content (AvgIpc) is 3.35. The number of amides is 2. The molecule has 2 heterocycles. The molecule has 34 heavy (non-hydrogen) atoms. The molecule has 4 rings (SSSR count). The number of hydrogen-bond donors (Lipinski definition) is 1. The monoisotopic (exact) mass is 469 g/mol. The molecule has 6 heteroatoms. The van der Waals surface area contributed by atoms with E-state index in [9.17, 15) is 9.59 Å². The van der Waals surface area contributed by atoms with Crippen LogP contribution in [0.2, 0.25) is 0 Å². The van der Waals surface area contributed by atoms with E-state index in [1.165, 1.54) is 11.3 Å². The molecule has 2 amide bonds. The second-order valence-electron chi connectivity index (χ2n) is 8.20. The minimum Gasteiger partial charge on any atom is -0.323 e. The van der Waals surface area contributed by atoms with Crippen LogP contribution in [0, 0.1) is 13.8 Å². The highest BCUT2D eigenvalue weighted by Crippen LogP contribution is 2.28. The molecule has 4 aromatic rings. The zero-order valence-corrected chi connectivity index (χ0v) is 20.1. The number of anilines is 1. The highest BCUT2D eigenvalue weighted by atomic mass is 32.1. The zero-order chi connectivity index (χ0) is 23.9. The van der Waals surface area contributed by atoms with Crippen molar-refractivity contribution in [2.45, 2.75) is 32.9 Å². The first-order valence-corrected chi connectivity index (χ1v) is 12.0. The number of benzene rings is 2.